The molecule has 0 aliphatic heterocycles. The van der Waals surface area contributed by atoms with Crippen LogP contribution in [0.1, 0.15) is 49.8 Å². The number of aromatic hydroxyl groups is 1. The van der Waals surface area contributed by atoms with Crippen molar-refractivity contribution in [1.29, 1.82) is 0 Å². The van der Waals surface area contributed by atoms with Gasteiger partial charge in [-0.05, 0) is 39.3 Å². The van der Waals surface area contributed by atoms with Gasteiger partial charge in [0.1, 0.15) is 5.75 Å². The third-order valence-electron chi connectivity index (χ3n) is 3.18. The molecule has 1 atom stereocenters. The average Bonchev–Trinajstić information content (AvgIpc) is 2.36. The molecule has 3 nitrogen and oxygen atoms in total. The maximum Gasteiger partial charge on any atom is 0.120 e. The number of hydrogen-bond donors (Lipinski definition) is 3. The molecule has 1 rings (SSSR count). The summed E-state index contributed by atoms with van der Waals surface area (Å²) in [4.78, 5) is 0. The standard InChI is InChI=1S/C15H25NO2/c1-12-7-8-15(18)14(11-12)13(2)16-9-5-3-4-6-10-17/h7-8,11,13,16-18H,3-6,9-10H2,1-2H3. The van der Waals surface area contributed by atoms with E-state index in [0.29, 0.717) is 12.4 Å². The minimum absolute atomic E-state index is 0.169. The first-order valence-corrected chi connectivity index (χ1v) is 6.79. The van der Waals surface area contributed by atoms with Crippen molar-refractivity contribution in [2.45, 2.75) is 45.6 Å². The highest BCUT2D eigenvalue weighted by Gasteiger charge is 2.09. The highest BCUT2D eigenvalue weighted by atomic mass is 16.3. The lowest BCUT2D eigenvalue weighted by Crippen LogP contribution is -2.20. The zero-order chi connectivity index (χ0) is 13.4. The largest absolute Gasteiger partial charge is 0.508 e. The molecule has 0 radical (unpaired) electrons. The predicted octanol–water partition coefficient (Wildman–Crippen LogP) is 2.90. The summed E-state index contributed by atoms with van der Waals surface area (Å²) in [6.45, 7) is 5.34. The second kappa shape index (κ2) is 8.11. The van der Waals surface area contributed by atoms with E-state index in [1.54, 1.807) is 6.07 Å². The molecule has 0 fully saturated rings. The van der Waals surface area contributed by atoms with Crippen LogP contribution in [0.5, 0.6) is 5.75 Å². The van der Waals surface area contributed by atoms with Gasteiger partial charge in [-0.3, -0.25) is 0 Å². The molecular weight excluding hydrogens is 226 g/mol. The molecule has 1 aromatic rings. The Bertz CT molecular complexity index is 352. The van der Waals surface area contributed by atoms with Gasteiger partial charge in [-0.15, -0.1) is 0 Å². The summed E-state index contributed by atoms with van der Waals surface area (Å²) in [6, 6.07) is 5.87. The highest BCUT2D eigenvalue weighted by Crippen LogP contribution is 2.24. The number of hydrogen-bond acceptors (Lipinski definition) is 3. The summed E-state index contributed by atoms with van der Waals surface area (Å²) in [5.41, 5.74) is 2.13. The van der Waals surface area contributed by atoms with Crippen LogP contribution in [-0.2, 0) is 0 Å². The zero-order valence-corrected chi connectivity index (χ0v) is 11.4. The van der Waals surface area contributed by atoms with Crippen molar-refractivity contribution in [1.82, 2.24) is 5.32 Å². The fraction of sp³-hybridized carbons (Fsp3) is 0.600. The fourth-order valence-electron chi connectivity index (χ4n) is 2.04. The van der Waals surface area contributed by atoms with E-state index in [9.17, 15) is 5.11 Å². The van der Waals surface area contributed by atoms with Crippen molar-refractivity contribution in [3.63, 3.8) is 0 Å². The van der Waals surface area contributed by atoms with Crippen molar-refractivity contribution in [2.24, 2.45) is 0 Å². The highest BCUT2D eigenvalue weighted by molar-refractivity contribution is 5.37. The number of rotatable bonds is 8. The number of aliphatic hydroxyl groups excluding tert-OH is 1. The number of aliphatic hydroxyl groups is 1. The van der Waals surface area contributed by atoms with Crippen LogP contribution in [0.4, 0.5) is 0 Å². The molecule has 0 amide bonds. The summed E-state index contributed by atoms with van der Waals surface area (Å²) in [5.74, 6) is 0.362. The smallest absolute Gasteiger partial charge is 0.120 e. The van der Waals surface area contributed by atoms with Gasteiger partial charge < -0.3 is 15.5 Å². The van der Waals surface area contributed by atoms with Crippen LogP contribution in [-0.4, -0.2) is 23.4 Å². The maximum atomic E-state index is 9.81. The van der Waals surface area contributed by atoms with Crippen LogP contribution < -0.4 is 5.32 Å². The number of phenolic OH excluding ortho intramolecular Hbond substituents is 1. The molecule has 1 unspecified atom stereocenters. The quantitative estimate of drug-likeness (QED) is 0.623. The predicted molar refractivity (Wildman–Crippen MR) is 74.8 cm³/mol. The van der Waals surface area contributed by atoms with Crippen LogP contribution in [0.25, 0.3) is 0 Å². The van der Waals surface area contributed by atoms with E-state index in [1.165, 1.54) is 5.56 Å². The van der Waals surface area contributed by atoms with E-state index < -0.39 is 0 Å². The topological polar surface area (TPSA) is 52.5 Å². The molecule has 0 heterocycles. The summed E-state index contributed by atoms with van der Waals surface area (Å²) in [7, 11) is 0. The summed E-state index contributed by atoms with van der Waals surface area (Å²) in [5, 5.41) is 21.9. The van der Waals surface area contributed by atoms with E-state index in [-0.39, 0.29) is 6.04 Å². The third-order valence-corrected chi connectivity index (χ3v) is 3.18. The molecule has 0 aliphatic rings. The number of unbranched alkanes of at least 4 members (excludes halogenated alkanes) is 3. The lowest BCUT2D eigenvalue weighted by atomic mass is 10.0. The van der Waals surface area contributed by atoms with E-state index >= 15 is 0 Å². The minimum Gasteiger partial charge on any atom is -0.508 e. The Kier molecular flexibility index (Phi) is 6.76. The van der Waals surface area contributed by atoms with E-state index in [4.69, 9.17) is 5.11 Å². The molecule has 18 heavy (non-hydrogen) atoms. The average molecular weight is 251 g/mol. The van der Waals surface area contributed by atoms with E-state index in [0.717, 1.165) is 37.8 Å². The molecule has 102 valence electrons. The van der Waals surface area contributed by atoms with Crippen LogP contribution in [0.15, 0.2) is 18.2 Å². The van der Waals surface area contributed by atoms with E-state index in [1.807, 2.05) is 19.1 Å². The first-order valence-electron chi connectivity index (χ1n) is 6.79. The molecule has 0 bridgehead atoms. The van der Waals surface area contributed by atoms with Gasteiger partial charge in [-0.25, -0.2) is 0 Å². The van der Waals surface area contributed by atoms with Crippen LogP contribution in [0, 0.1) is 6.92 Å². The Morgan fingerprint density at radius 2 is 1.89 bits per heavy atom. The Balaban J connectivity index is 2.31. The lowest BCUT2D eigenvalue weighted by Gasteiger charge is -2.16. The summed E-state index contributed by atoms with van der Waals surface area (Å²) < 4.78 is 0. The van der Waals surface area contributed by atoms with Crippen molar-refractivity contribution < 1.29 is 10.2 Å². The Morgan fingerprint density at radius 3 is 2.61 bits per heavy atom. The second-order valence-corrected chi connectivity index (χ2v) is 4.88. The molecule has 1 aromatic carbocycles. The van der Waals surface area contributed by atoms with Gasteiger partial charge in [0.25, 0.3) is 0 Å². The number of nitrogens with one attached hydrogen (secondary N) is 1. The first-order chi connectivity index (χ1) is 8.65. The zero-order valence-electron chi connectivity index (χ0n) is 11.4. The van der Waals surface area contributed by atoms with E-state index in [2.05, 4.69) is 12.2 Å². The number of phenols is 1. The third kappa shape index (κ3) is 5.07. The Morgan fingerprint density at radius 1 is 1.17 bits per heavy atom. The minimum atomic E-state index is 0.169. The van der Waals surface area contributed by atoms with Crippen LogP contribution in [0.2, 0.25) is 0 Å². The Labute approximate surface area is 110 Å². The lowest BCUT2D eigenvalue weighted by molar-refractivity contribution is 0.282. The van der Waals surface area contributed by atoms with Gasteiger partial charge in [0.2, 0.25) is 0 Å². The van der Waals surface area contributed by atoms with Crippen LogP contribution >= 0.6 is 0 Å². The first kappa shape index (κ1) is 15.0. The fourth-order valence-corrected chi connectivity index (χ4v) is 2.04. The monoisotopic (exact) mass is 251 g/mol. The molecule has 0 aromatic heterocycles. The van der Waals surface area contributed by atoms with Gasteiger partial charge in [0, 0.05) is 18.2 Å². The van der Waals surface area contributed by atoms with Gasteiger partial charge in [0.15, 0.2) is 0 Å². The molecule has 0 spiro atoms. The molecular formula is C15H25NO2. The molecule has 3 N–H and O–H groups in total. The molecule has 0 saturated heterocycles. The van der Waals surface area contributed by atoms with Crippen molar-refractivity contribution in [3.8, 4) is 5.75 Å². The molecule has 0 saturated carbocycles. The van der Waals surface area contributed by atoms with Gasteiger partial charge >= 0.3 is 0 Å². The van der Waals surface area contributed by atoms with Gasteiger partial charge in [-0.2, -0.15) is 0 Å². The maximum absolute atomic E-state index is 9.81. The molecule has 3 heteroatoms. The normalized spacial score (nSPS) is 12.6. The number of benzene rings is 1. The van der Waals surface area contributed by atoms with Crippen molar-refractivity contribution in [2.75, 3.05) is 13.2 Å². The number of aryl methyl sites for hydroxylation is 1. The Hall–Kier alpha value is -1.06. The van der Waals surface area contributed by atoms with Crippen LogP contribution in [0.3, 0.4) is 0 Å². The summed E-state index contributed by atoms with van der Waals surface area (Å²) in [6.07, 6.45) is 4.23. The second-order valence-electron chi connectivity index (χ2n) is 4.88. The van der Waals surface area contributed by atoms with Crippen molar-refractivity contribution >= 4 is 0 Å². The van der Waals surface area contributed by atoms with Gasteiger partial charge in [0.05, 0.1) is 0 Å². The SMILES string of the molecule is Cc1ccc(O)c(C(C)NCCCCCCO)c1. The summed E-state index contributed by atoms with van der Waals surface area (Å²) >= 11 is 0. The van der Waals surface area contributed by atoms with Gasteiger partial charge in [-0.1, -0.05) is 30.5 Å². The molecule has 0 aliphatic carbocycles. The van der Waals surface area contributed by atoms with Crippen molar-refractivity contribution in [3.05, 3.63) is 29.3 Å².